The number of halogens is 1. The maximum Gasteiger partial charge on any atom is 0.163 e. The molecule has 1 aromatic heterocycles. The van der Waals surface area contributed by atoms with Crippen LogP contribution in [0.1, 0.15) is 37.3 Å². The Bertz CT molecular complexity index is 625. The molecule has 0 saturated heterocycles. The van der Waals surface area contributed by atoms with Gasteiger partial charge < -0.3 is 14.6 Å². The molecule has 0 fully saturated rings. The number of rotatable bonds is 5. The van der Waals surface area contributed by atoms with Crippen molar-refractivity contribution in [2.24, 2.45) is 0 Å². The average Bonchev–Trinajstić information content (AvgIpc) is 2.90. The number of hydrogen-bond donors (Lipinski definition) is 1. The van der Waals surface area contributed by atoms with Crippen molar-refractivity contribution >= 4 is 11.6 Å². The van der Waals surface area contributed by atoms with E-state index in [-0.39, 0.29) is 6.04 Å². The van der Waals surface area contributed by atoms with Gasteiger partial charge >= 0.3 is 0 Å². The molecule has 21 heavy (non-hydrogen) atoms. The lowest BCUT2D eigenvalue weighted by atomic mass is 10.1. The Labute approximate surface area is 129 Å². The van der Waals surface area contributed by atoms with Gasteiger partial charge in [0.15, 0.2) is 5.75 Å². The zero-order valence-electron chi connectivity index (χ0n) is 12.5. The number of benzene rings is 1. The van der Waals surface area contributed by atoms with E-state index in [0.717, 1.165) is 0 Å². The summed E-state index contributed by atoms with van der Waals surface area (Å²) in [6.07, 6.45) is 0.720. The van der Waals surface area contributed by atoms with Crippen LogP contribution in [0.4, 0.5) is 0 Å². The summed E-state index contributed by atoms with van der Waals surface area (Å²) >= 11 is 6.12. The van der Waals surface area contributed by atoms with Crippen molar-refractivity contribution in [3.8, 4) is 11.5 Å². The van der Waals surface area contributed by atoms with E-state index >= 15 is 0 Å². The monoisotopic (exact) mass is 310 g/mol. The summed E-state index contributed by atoms with van der Waals surface area (Å²) in [6.45, 7) is 3.98. The minimum Gasteiger partial charge on any atom is -0.495 e. The third-order valence-corrected chi connectivity index (χ3v) is 3.55. The smallest absolute Gasteiger partial charge is 0.163 e. The van der Waals surface area contributed by atoms with Crippen LogP contribution in [-0.4, -0.2) is 29.1 Å². The third kappa shape index (κ3) is 2.99. The van der Waals surface area contributed by atoms with Crippen molar-refractivity contribution in [1.29, 1.82) is 0 Å². The Hall–Kier alpha value is -1.72. The topological polar surface area (TPSA) is 56.5 Å². The molecule has 0 spiro atoms. The van der Waals surface area contributed by atoms with Gasteiger partial charge in [-0.05, 0) is 31.5 Å². The normalized spacial score (nSPS) is 12.5. The number of ether oxygens (including phenoxy) is 2. The van der Waals surface area contributed by atoms with Crippen LogP contribution in [0.5, 0.6) is 11.5 Å². The van der Waals surface area contributed by atoms with E-state index in [9.17, 15) is 5.11 Å². The highest BCUT2D eigenvalue weighted by atomic mass is 35.5. The Morgan fingerprint density at radius 2 is 1.86 bits per heavy atom. The average molecular weight is 311 g/mol. The Morgan fingerprint density at radius 1 is 1.19 bits per heavy atom. The van der Waals surface area contributed by atoms with Crippen molar-refractivity contribution in [2.75, 3.05) is 14.2 Å². The molecule has 0 radical (unpaired) electrons. The molecule has 2 aromatic rings. The third-order valence-electron chi connectivity index (χ3n) is 3.26. The Balaban J connectivity index is 2.46. The lowest BCUT2D eigenvalue weighted by Gasteiger charge is -2.18. The number of aromatic nitrogens is 2. The fourth-order valence-corrected chi connectivity index (χ4v) is 2.46. The first-order valence-electron chi connectivity index (χ1n) is 6.62. The number of aliphatic hydroxyl groups excluding tert-OH is 1. The number of aliphatic hydroxyl groups is 1. The number of nitrogens with zero attached hydrogens (tertiary/aromatic N) is 2. The summed E-state index contributed by atoms with van der Waals surface area (Å²) in [5, 5.41) is 15.4. The van der Waals surface area contributed by atoms with Crippen LogP contribution in [0.15, 0.2) is 24.4 Å². The second kappa shape index (κ2) is 6.37. The molecular weight excluding hydrogens is 292 g/mol. The highest BCUT2D eigenvalue weighted by molar-refractivity contribution is 6.32. The van der Waals surface area contributed by atoms with Crippen LogP contribution in [0.25, 0.3) is 0 Å². The van der Waals surface area contributed by atoms with E-state index in [4.69, 9.17) is 21.1 Å². The zero-order chi connectivity index (χ0) is 15.6. The summed E-state index contributed by atoms with van der Waals surface area (Å²) < 4.78 is 12.2. The molecule has 1 heterocycles. The molecule has 0 amide bonds. The van der Waals surface area contributed by atoms with Crippen LogP contribution in [-0.2, 0) is 0 Å². The Kier molecular flexibility index (Phi) is 4.75. The lowest BCUT2D eigenvalue weighted by molar-refractivity contribution is 0.199. The van der Waals surface area contributed by atoms with Gasteiger partial charge in [-0.15, -0.1) is 0 Å². The van der Waals surface area contributed by atoms with E-state index in [1.54, 1.807) is 43.3 Å². The van der Waals surface area contributed by atoms with Crippen molar-refractivity contribution in [1.82, 2.24) is 9.78 Å². The van der Waals surface area contributed by atoms with Crippen LogP contribution in [0.3, 0.4) is 0 Å². The highest BCUT2D eigenvalue weighted by Crippen LogP contribution is 2.34. The maximum absolute atomic E-state index is 10.7. The fraction of sp³-hybridized carbons (Fsp3) is 0.400. The van der Waals surface area contributed by atoms with Crippen LogP contribution in [0, 0.1) is 0 Å². The Morgan fingerprint density at radius 3 is 2.38 bits per heavy atom. The molecule has 0 saturated carbocycles. The quantitative estimate of drug-likeness (QED) is 0.921. The standard InChI is InChI=1S/C15H19ClN2O3/c1-9(2)18-14(13(21-4)8-17-18)15(19)10-5-6-12(20-3)11(16)7-10/h5-9,15,19H,1-4H3. The molecule has 1 aromatic carbocycles. The fourth-order valence-electron chi connectivity index (χ4n) is 2.20. The largest absolute Gasteiger partial charge is 0.495 e. The molecule has 0 aliphatic heterocycles. The molecular formula is C15H19ClN2O3. The van der Waals surface area contributed by atoms with Gasteiger partial charge in [0.05, 0.1) is 25.4 Å². The van der Waals surface area contributed by atoms with Crippen molar-refractivity contribution in [3.63, 3.8) is 0 Å². The number of hydrogen-bond acceptors (Lipinski definition) is 4. The molecule has 1 N–H and O–H groups in total. The van der Waals surface area contributed by atoms with Crippen LogP contribution >= 0.6 is 11.6 Å². The summed E-state index contributed by atoms with van der Waals surface area (Å²) in [6, 6.07) is 5.28. The second-order valence-corrected chi connectivity index (χ2v) is 5.34. The predicted molar refractivity (Wildman–Crippen MR) is 81.2 cm³/mol. The van der Waals surface area contributed by atoms with E-state index in [1.165, 1.54) is 0 Å². The molecule has 114 valence electrons. The van der Waals surface area contributed by atoms with Crippen LogP contribution < -0.4 is 9.47 Å². The molecule has 0 bridgehead atoms. The first kappa shape index (κ1) is 15.7. The first-order chi connectivity index (χ1) is 9.99. The second-order valence-electron chi connectivity index (χ2n) is 4.93. The van der Waals surface area contributed by atoms with E-state index in [0.29, 0.717) is 27.8 Å². The van der Waals surface area contributed by atoms with Gasteiger partial charge in [0.1, 0.15) is 17.5 Å². The molecule has 2 rings (SSSR count). The van der Waals surface area contributed by atoms with Gasteiger partial charge in [-0.25, -0.2) is 0 Å². The van der Waals surface area contributed by atoms with Gasteiger partial charge in [0.25, 0.3) is 0 Å². The zero-order valence-corrected chi connectivity index (χ0v) is 13.3. The van der Waals surface area contributed by atoms with Gasteiger partial charge in [-0.2, -0.15) is 5.10 Å². The minimum atomic E-state index is -0.881. The summed E-state index contributed by atoms with van der Waals surface area (Å²) in [7, 11) is 3.10. The van der Waals surface area contributed by atoms with Crippen molar-refractivity contribution in [3.05, 3.63) is 40.7 Å². The molecule has 0 aliphatic carbocycles. The molecule has 1 unspecified atom stereocenters. The van der Waals surface area contributed by atoms with E-state index < -0.39 is 6.10 Å². The SMILES string of the molecule is COc1ccc(C(O)c2c(OC)cnn2C(C)C)cc1Cl. The highest BCUT2D eigenvalue weighted by Gasteiger charge is 2.23. The van der Waals surface area contributed by atoms with Gasteiger partial charge in [0.2, 0.25) is 0 Å². The van der Waals surface area contributed by atoms with Gasteiger partial charge in [-0.1, -0.05) is 17.7 Å². The summed E-state index contributed by atoms with van der Waals surface area (Å²) in [5.41, 5.74) is 1.26. The number of methoxy groups -OCH3 is 2. The first-order valence-corrected chi connectivity index (χ1v) is 7.00. The summed E-state index contributed by atoms with van der Waals surface area (Å²) in [4.78, 5) is 0. The van der Waals surface area contributed by atoms with E-state index in [1.807, 2.05) is 13.8 Å². The molecule has 0 aliphatic rings. The molecule has 5 nitrogen and oxygen atoms in total. The van der Waals surface area contributed by atoms with Gasteiger partial charge in [-0.3, -0.25) is 4.68 Å². The van der Waals surface area contributed by atoms with Gasteiger partial charge in [0, 0.05) is 6.04 Å². The lowest BCUT2D eigenvalue weighted by Crippen LogP contribution is -2.13. The summed E-state index contributed by atoms with van der Waals surface area (Å²) in [5.74, 6) is 1.11. The maximum atomic E-state index is 10.7. The van der Waals surface area contributed by atoms with Crippen LogP contribution in [0.2, 0.25) is 5.02 Å². The molecule has 6 heteroatoms. The minimum absolute atomic E-state index is 0.104. The van der Waals surface area contributed by atoms with Crippen molar-refractivity contribution < 1.29 is 14.6 Å². The molecule has 1 atom stereocenters. The predicted octanol–water partition coefficient (Wildman–Crippen LogP) is 3.22. The van der Waals surface area contributed by atoms with Crippen molar-refractivity contribution in [2.45, 2.75) is 26.0 Å². The van der Waals surface area contributed by atoms with E-state index in [2.05, 4.69) is 5.10 Å².